The predicted octanol–water partition coefficient (Wildman–Crippen LogP) is 5.40. The van der Waals surface area contributed by atoms with Crippen molar-refractivity contribution in [1.82, 2.24) is 0 Å². The van der Waals surface area contributed by atoms with Gasteiger partial charge in [-0.3, -0.25) is 0 Å². The summed E-state index contributed by atoms with van der Waals surface area (Å²) >= 11 is 1.75. The minimum atomic E-state index is -0.715. The topological polar surface area (TPSA) is 36.9 Å². The zero-order chi connectivity index (χ0) is 20.9. The molecular formula is C25H32O4S. The number of thioether (sulfide) groups is 1. The molecule has 0 amide bonds. The molecule has 1 aromatic carbocycles. The average molecular weight is 429 g/mol. The molecule has 5 fully saturated rings. The number of fused-ring (bicyclic) bond motifs is 2. The summed E-state index contributed by atoms with van der Waals surface area (Å²) in [4.78, 5) is 13.4. The Hall–Kier alpha value is -1.03. The van der Waals surface area contributed by atoms with Gasteiger partial charge >= 0.3 is 0 Å². The predicted molar refractivity (Wildman–Crippen MR) is 117 cm³/mol. The van der Waals surface area contributed by atoms with E-state index < -0.39 is 11.4 Å². The summed E-state index contributed by atoms with van der Waals surface area (Å²) in [6.07, 6.45) is 6.73. The van der Waals surface area contributed by atoms with Crippen LogP contribution in [0.4, 0.5) is 0 Å². The molecule has 0 radical (unpaired) electrons. The largest absolute Gasteiger partial charge is 0.345 e. The summed E-state index contributed by atoms with van der Waals surface area (Å²) in [5.74, 6) is 7.69. The second-order valence-corrected chi connectivity index (χ2v) is 10.6. The first kappa shape index (κ1) is 20.8. The van der Waals surface area contributed by atoms with Gasteiger partial charge in [0, 0.05) is 29.2 Å². The standard InChI is InChI=1S/C25H32O4S/c1-16-8-13-21-17(2)22(7-5-6-18-9-11-19(30-4)12-10-18)26-23-25(21)20(16)14-15-24(3,27-23)28-29-25/h9-12,16-17,20-23H,7-8,13-15H2,1-4H3/t16-,17-,20?,21?,22-,23-,24?,25-/m1/s1. The smallest absolute Gasteiger partial charge is 0.201 e. The Kier molecular flexibility index (Phi) is 5.44. The van der Waals surface area contributed by atoms with Crippen molar-refractivity contribution in [2.75, 3.05) is 6.26 Å². The van der Waals surface area contributed by atoms with E-state index in [0.717, 1.165) is 24.8 Å². The molecule has 8 atom stereocenters. The number of rotatable bonds is 2. The molecule has 5 heteroatoms. The fourth-order valence-electron chi connectivity index (χ4n) is 6.14. The molecule has 1 saturated carbocycles. The van der Waals surface area contributed by atoms with Crippen LogP contribution in [0, 0.1) is 35.5 Å². The maximum atomic E-state index is 6.60. The van der Waals surface area contributed by atoms with Crippen LogP contribution >= 0.6 is 11.8 Å². The Labute approximate surface area is 184 Å². The van der Waals surface area contributed by atoms with Crippen LogP contribution < -0.4 is 0 Å². The Bertz CT molecular complexity index is 845. The molecule has 4 saturated heterocycles. The third kappa shape index (κ3) is 3.32. The number of ether oxygens (including phenoxy) is 2. The van der Waals surface area contributed by atoms with Crippen molar-refractivity contribution in [3.8, 4) is 11.8 Å². The summed E-state index contributed by atoms with van der Waals surface area (Å²) in [5, 5.41) is 0. The molecule has 1 aromatic rings. The zero-order valence-corrected chi connectivity index (χ0v) is 19.2. The molecule has 162 valence electrons. The second-order valence-electron chi connectivity index (χ2n) is 9.68. The molecule has 5 aliphatic rings. The van der Waals surface area contributed by atoms with E-state index in [2.05, 4.69) is 56.2 Å². The Morgan fingerprint density at radius 2 is 1.87 bits per heavy atom. The quantitative estimate of drug-likeness (QED) is 0.358. The molecule has 0 N–H and O–H groups in total. The first-order valence-corrected chi connectivity index (χ1v) is 12.5. The van der Waals surface area contributed by atoms with E-state index >= 15 is 0 Å². The molecule has 2 bridgehead atoms. The van der Waals surface area contributed by atoms with Crippen LogP contribution in [0.2, 0.25) is 0 Å². The van der Waals surface area contributed by atoms with Gasteiger partial charge in [0.25, 0.3) is 0 Å². The minimum Gasteiger partial charge on any atom is -0.345 e. The van der Waals surface area contributed by atoms with Gasteiger partial charge < -0.3 is 9.47 Å². The van der Waals surface area contributed by atoms with Crippen molar-refractivity contribution < 1.29 is 19.2 Å². The van der Waals surface area contributed by atoms with Crippen molar-refractivity contribution in [3.05, 3.63) is 29.8 Å². The molecule has 30 heavy (non-hydrogen) atoms. The maximum absolute atomic E-state index is 6.60. The van der Waals surface area contributed by atoms with Gasteiger partial charge in [-0.1, -0.05) is 25.7 Å². The van der Waals surface area contributed by atoms with E-state index in [1.54, 1.807) is 11.8 Å². The van der Waals surface area contributed by atoms with E-state index in [-0.39, 0.29) is 12.4 Å². The highest BCUT2D eigenvalue weighted by molar-refractivity contribution is 7.98. The summed E-state index contributed by atoms with van der Waals surface area (Å²) in [6.45, 7) is 6.62. The fraction of sp³-hybridized carbons (Fsp3) is 0.680. The van der Waals surface area contributed by atoms with Crippen molar-refractivity contribution in [1.29, 1.82) is 0 Å². The van der Waals surface area contributed by atoms with Gasteiger partial charge in [0.1, 0.15) is 0 Å². The van der Waals surface area contributed by atoms with E-state index in [4.69, 9.17) is 19.2 Å². The molecule has 1 spiro atoms. The minimum absolute atomic E-state index is 0.0456. The molecule has 0 aromatic heterocycles. The van der Waals surface area contributed by atoms with E-state index in [1.807, 2.05) is 6.92 Å². The van der Waals surface area contributed by atoms with Gasteiger partial charge in [-0.2, -0.15) is 0 Å². The summed E-state index contributed by atoms with van der Waals surface area (Å²) < 4.78 is 13.0. The fourth-order valence-corrected chi connectivity index (χ4v) is 6.55. The van der Waals surface area contributed by atoms with Gasteiger partial charge in [0.2, 0.25) is 5.79 Å². The van der Waals surface area contributed by atoms with Crippen molar-refractivity contribution >= 4 is 11.8 Å². The molecule has 4 nitrogen and oxygen atoms in total. The summed E-state index contributed by atoms with van der Waals surface area (Å²) in [7, 11) is 0. The van der Waals surface area contributed by atoms with Crippen molar-refractivity contribution in [2.24, 2.45) is 23.7 Å². The summed E-state index contributed by atoms with van der Waals surface area (Å²) in [6, 6.07) is 8.42. The van der Waals surface area contributed by atoms with Crippen molar-refractivity contribution in [2.45, 2.75) is 81.6 Å². The highest BCUT2D eigenvalue weighted by Gasteiger charge is 2.69. The van der Waals surface area contributed by atoms with Crippen molar-refractivity contribution in [3.63, 3.8) is 0 Å². The molecular weight excluding hydrogens is 396 g/mol. The Balaban J connectivity index is 1.38. The lowest BCUT2D eigenvalue weighted by Crippen LogP contribution is -2.70. The van der Waals surface area contributed by atoms with E-state index in [9.17, 15) is 0 Å². The third-order valence-electron chi connectivity index (χ3n) is 7.92. The van der Waals surface area contributed by atoms with Crippen LogP contribution in [0.15, 0.2) is 29.2 Å². The molecule has 3 unspecified atom stereocenters. The highest BCUT2D eigenvalue weighted by Crippen LogP contribution is 2.60. The van der Waals surface area contributed by atoms with Gasteiger partial charge in [0.05, 0.1) is 6.10 Å². The molecule has 4 aliphatic heterocycles. The van der Waals surface area contributed by atoms with Crippen LogP contribution in [-0.2, 0) is 19.2 Å². The number of hydrogen-bond acceptors (Lipinski definition) is 5. The Morgan fingerprint density at radius 3 is 2.63 bits per heavy atom. The number of benzene rings is 1. The molecule has 4 heterocycles. The van der Waals surface area contributed by atoms with Crippen LogP contribution in [0.3, 0.4) is 0 Å². The average Bonchev–Trinajstić information content (AvgIpc) is 2.98. The number of hydrogen-bond donors (Lipinski definition) is 0. The van der Waals surface area contributed by atoms with E-state index in [0.29, 0.717) is 30.1 Å². The van der Waals surface area contributed by atoms with E-state index in [1.165, 1.54) is 11.3 Å². The van der Waals surface area contributed by atoms with Crippen LogP contribution in [-0.4, -0.2) is 30.0 Å². The van der Waals surface area contributed by atoms with Gasteiger partial charge in [-0.25, -0.2) is 9.78 Å². The van der Waals surface area contributed by atoms with Gasteiger partial charge in [-0.05, 0) is 74.5 Å². The zero-order valence-electron chi connectivity index (χ0n) is 18.4. The highest BCUT2D eigenvalue weighted by atomic mass is 32.2. The van der Waals surface area contributed by atoms with Gasteiger partial charge in [-0.15, -0.1) is 11.8 Å². The Morgan fingerprint density at radius 1 is 1.07 bits per heavy atom. The third-order valence-corrected chi connectivity index (χ3v) is 8.66. The van der Waals surface area contributed by atoms with Gasteiger partial charge in [0.15, 0.2) is 11.9 Å². The lowest BCUT2D eigenvalue weighted by Gasteiger charge is -2.60. The summed E-state index contributed by atoms with van der Waals surface area (Å²) in [5.41, 5.74) is 0.568. The second kappa shape index (κ2) is 7.83. The maximum Gasteiger partial charge on any atom is 0.201 e. The normalized spacial score (nSPS) is 44.5. The lowest BCUT2D eigenvalue weighted by atomic mass is 9.57. The first-order valence-electron chi connectivity index (χ1n) is 11.3. The molecule has 6 rings (SSSR count). The lowest BCUT2D eigenvalue weighted by molar-refractivity contribution is -0.570. The van der Waals surface area contributed by atoms with Crippen LogP contribution in [0.1, 0.15) is 58.4 Å². The molecule has 1 aliphatic carbocycles. The monoisotopic (exact) mass is 428 g/mol. The van der Waals surface area contributed by atoms with Crippen LogP contribution in [0.25, 0.3) is 0 Å². The SMILES string of the molecule is CSc1ccc(C#CC[C@H]2O[C@@H]3OC4(C)CCC5[C@H](C)CCC([C@H]2C)[C@]53OO4)cc1. The first-order chi connectivity index (χ1) is 14.4. The van der Waals surface area contributed by atoms with Crippen LogP contribution in [0.5, 0.6) is 0 Å².